The van der Waals surface area contributed by atoms with Crippen LogP contribution in [0.5, 0.6) is 0 Å². The van der Waals surface area contributed by atoms with Crippen molar-refractivity contribution in [1.29, 1.82) is 0 Å². The van der Waals surface area contributed by atoms with Gasteiger partial charge < -0.3 is 29.0 Å². The Bertz CT molecular complexity index is 1290. The predicted octanol–water partition coefficient (Wildman–Crippen LogP) is 4.22. The van der Waals surface area contributed by atoms with Gasteiger partial charge in [0.15, 0.2) is 0 Å². The summed E-state index contributed by atoms with van der Waals surface area (Å²) in [6, 6.07) is 6.90. The first-order valence-electron chi connectivity index (χ1n) is 16.5. The quantitative estimate of drug-likeness (QED) is 0.512. The maximum Gasteiger partial charge on any atom is 0.494 e. The van der Waals surface area contributed by atoms with Crippen LogP contribution in [0.2, 0.25) is 0 Å². The normalized spacial score (nSPS) is 30.5. The fourth-order valence-corrected chi connectivity index (χ4v) is 8.06. The van der Waals surface area contributed by atoms with E-state index in [1.165, 1.54) is 0 Å². The number of nitrogens with zero attached hydrogens (tertiary/aromatic N) is 3. The molecule has 0 radical (unpaired) electrons. The topological polar surface area (TPSA) is 91.8 Å². The Morgan fingerprint density at radius 2 is 1.64 bits per heavy atom. The Kier molecular flexibility index (Phi) is 7.55. The lowest BCUT2D eigenvalue weighted by molar-refractivity contribution is -0.126. The van der Waals surface area contributed by atoms with Crippen LogP contribution in [0, 0.1) is 5.41 Å². The van der Waals surface area contributed by atoms with Crippen molar-refractivity contribution in [2.24, 2.45) is 5.41 Å². The van der Waals surface area contributed by atoms with Gasteiger partial charge in [0.2, 0.25) is 5.91 Å². The zero-order chi connectivity index (χ0) is 32.0. The summed E-state index contributed by atoms with van der Waals surface area (Å²) in [6.07, 6.45) is 3.57. The summed E-state index contributed by atoms with van der Waals surface area (Å²) in [5, 5.41) is 10.1. The van der Waals surface area contributed by atoms with Crippen LogP contribution in [0.1, 0.15) is 100.0 Å². The average molecular weight is 610 g/mol. The summed E-state index contributed by atoms with van der Waals surface area (Å²) in [5.74, 6) is 0.145. The van der Waals surface area contributed by atoms with E-state index in [1.807, 2.05) is 20.8 Å². The molecule has 6 rings (SSSR count). The third kappa shape index (κ3) is 5.27. The highest BCUT2D eigenvalue weighted by atomic mass is 16.7. The van der Waals surface area contributed by atoms with E-state index < -0.39 is 29.3 Å². The summed E-state index contributed by atoms with van der Waals surface area (Å²) in [6.45, 7) is 20.5. The van der Waals surface area contributed by atoms with Crippen LogP contribution in [-0.2, 0) is 24.3 Å². The minimum Gasteiger partial charge on any atom is -0.444 e. The van der Waals surface area contributed by atoms with Crippen molar-refractivity contribution in [2.75, 3.05) is 31.1 Å². The predicted molar refractivity (Wildman–Crippen MR) is 171 cm³/mol. The number of rotatable bonds is 4. The maximum absolute atomic E-state index is 14.6. The van der Waals surface area contributed by atoms with Crippen molar-refractivity contribution in [2.45, 2.75) is 135 Å². The lowest BCUT2D eigenvalue weighted by Crippen LogP contribution is -2.59. The van der Waals surface area contributed by atoms with Gasteiger partial charge in [-0.1, -0.05) is 26.0 Å². The molecule has 4 heterocycles. The summed E-state index contributed by atoms with van der Waals surface area (Å²) < 4.78 is 18.5. The first-order chi connectivity index (χ1) is 20.4. The third-order valence-electron chi connectivity index (χ3n) is 11.2. The van der Waals surface area contributed by atoms with Gasteiger partial charge in [-0.05, 0) is 103 Å². The number of amides is 2. The Labute approximate surface area is 263 Å². The number of hydrogen-bond donors (Lipinski definition) is 1. The van der Waals surface area contributed by atoms with Gasteiger partial charge in [0.25, 0.3) is 0 Å². The molecule has 44 heavy (non-hydrogen) atoms. The molecule has 10 heteroatoms. The molecule has 1 spiro atoms. The number of piperidine rings is 1. The SMILES string of the molecule is CC1(C)C[C@@H](CO)N(C2CC(N3C(=O)C4(CCN(C(=O)OC(C)(C)C)CC4)c4ccc(B5OC(C)(C)C(C)(C)O5)cc43)C2)C1. The molecule has 3 saturated heterocycles. The number of carbonyl (C=O) groups is 2. The molecule has 9 nitrogen and oxygen atoms in total. The Morgan fingerprint density at radius 3 is 2.20 bits per heavy atom. The van der Waals surface area contributed by atoms with Gasteiger partial charge in [0.1, 0.15) is 5.60 Å². The van der Waals surface area contributed by atoms with E-state index in [1.54, 1.807) is 4.90 Å². The largest absolute Gasteiger partial charge is 0.494 e. The highest BCUT2D eigenvalue weighted by molar-refractivity contribution is 6.62. The van der Waals surface area contributed by atoms with Gasteiger partial charge in [-0.15, -0.1) is 0 Å². The number of fused-ring (bicyclic) bond motifs is 2. The van der Waals surface area contributed by atoms with Gasteiger partial charge in [0, 0.05) is 43.4 Å². The van der Waals surface area contributed by atoms with E-state index >= 15 is 0 Å². The molecule has 1 saturated carbocycles. The lowest BCUT2D eigenvalue weighted by atomic mass is 9.71. The van der Waals surface area contributed by atoms with Gasteiger partial charge in [0.05, 0.1) is 23.2 Å². The van der Waals surface area contributed by atoms with E-state index in [4.69, 9.17) is 14.0 Å². The Hall–Kier alpha value is -2.14. The third-order valence-corrected chi connectivity index (χ3v) is 11.2. The van der Waals surface area contributed by atoms with Crippen LogP contribution >= 0.6 is 0 Å². The van der Waals surface area contributed by atoms with Crippen LogP contribution in [0.3, 0.4) is 0 Å². The minimum absolute atomic E-state index is 0.0890. The van der Waals surface area contributed by atoms with E-state index in [-0.39, 0.29) is 36.1 Å². The molecule has 1 aromatic rings. The molecule has 1 aromatic carbocycles. The number of carbonyl (C=O) groups excluding carboxylic acids is 2. The van der Waals surface area contributed by atoms with E-state index in [0.29, 0.717) is 32.0 Å². The monoisotopic (exact) mass is 609 g/mol. The second-order valence-electron chi connectivity index (χ2n) is 16.7. The highest BCUT2D eigenvalue weighted by Gasteiger charge is 2.58. The number of ether oxygens (including phenoxy) is 1. The van der Waals surface area contributed by atoms with E-state index in [9.17, 15) is 14.7 Å². The van der Waals surface area contributed by atoms with Crippen LogP contribution in [0.25, 0.3) is 0 Å². The first-order valence-corrected chi connectivity index (χ1v) is 16.5. The van der Waals surface area contributed by atoms with Crippen molar-refractivity contribution < 1.29 is 28.7 Å². The van der Waals surface area contributed by atoms with Crippen molar-refractivity contribution in [3.05, 3.63) is 23.8 Å². The standard InChI is InChI=1S/C34H52BN3O6/c1-30(2,3)42-29(41)36-14-12-34(13-15-36)26-11-10-22(35-43-32(6,7)33(8,9)44-35)16-27(26)38(28(34)40)24-17-23(18-24)37-21-31(4,5)19-25(37)20-39/h10-11,16,23-25,39H,12-15,17-21H2,1-9H3/t23?,24?,25-/m0/s1. The average Bonchev–Trinajstić information content (AvgIpc) is 3.41. The number of hydrogen-bond acceptors (Lipinski definition) is 7. The highest BCUT2D eigenvalue weighted by Crippen LogP contribution is 2.52. The smallest absolute Gasteiger partial charge is 0.444 e. The summed E-state index contributed by atoms with van der Waals surface area (Å²) in [5.41, 5.74) is 0.938. The fourth-order valence-electron chi connectivity index (χ4n) is 8.06. The molecule has 0 unspecified atom stereocenters. The molecule has 5 aliphatic rings. The van der Waals surface area contributed by atoms with Gasteiger partial charge >= 0.3 is 13.2 Å². The maximum atomic E-state index is 14.6. The molecule has 242 valence electrons. The van der Waals surface area contributed by atoms with E-state index in [0.717, 1.165) is 42.5 Å². The molecule has 0 bridgehead atoms. The zero-order valence-electron chi connectivity index (χ0n) is 28.2. The number of anilines is 1. The number of likely N-dealkylation sites (tertiary alicyclic amines) is 2. The molecule has 1 N–H and O–H groups in total. The number of aliphatic hydroxyl groups is 1. The van der Waals surface area contributed by atoms with Crippen molar-refractivity contribution >= 4 is 30.3 Å². The summed E-state index contributed by atoms with van der Waals surface area (Å²) in [7, 11) is -0.515. The van der Waals surface area contributed by atoms with Crippen LogP contribution in [0.15, 0.2) is 18.2 Å². The number of aliphatic hydroxyl groups excluding tert-OH is 1. The number of benzene rings is 1. The van der Waals surface area contributed by atoms with Crippen molar-refractivity contribution in [3.8, 4) is 0 Å². The second-order valence-corrected chi connectivity index (χ2v) is 16.7. The molecular formula is C34H52BN3O6. The first kappa shape index (κ1) is 31.8. The summed E-state index contributed by atoms with van der Waals surface area (Å²) in [4.78, 5) is 33.8. The van der Waals surface area contributed by atoms with Crippen LogP contribution in [-0.4, -0.2) is 95.2 Å². The van der Waals surface area contributed by atoms with Gasteiger partial charge in [-0.25, -0.2) is 4.79 Å². The molecule has 2 amide bonds. The Morgan fingerprint density at radius 1 is 1.02 bits per heavy atom. The minimum atomic E-state index is -0.670. The van der Waals surface area contributed by atoms with E-state index in [2.05, 4.69) is 69.5 Å². The van der Waals surface area contributed by atoms with Crippen LogP contribution < -0.4 is 10.4 Å². The molecule has 0 aromatic heterocycles. The zero-order valence-corrected chi connectivity index (χ0v) is 28.2. The molecule has 1 atom stereocenters. The van der Waals surface area contributed by atoms with Crippen molar-refractivity contribution in [1.82, 2.24) is 9.80 Å². The second kappa shape index (κ2) is 10.4. The lowest BCUT2D eigenvalue weighted by Gasteiger charge is -2.48. The van der Waals surface area contributed by atoms with Gasteiger partial charge in [-0.2, -0.15) is 0 Å². The molecule has 4 aliphatic heterocycles. The van der Waals surface area contributed by atoms with Crippen molar-refractivity contribution in [3.63, 3.8) is 0 Å². The molecular weight excluding hydrogens is 557 g/mol. The Balaban J connectivity index is 1.28. The molecule has 1 aliphatic carbocycles. The fraction of sp³-hybridized carbons (Fsp3) is 0.765. The van der Waals surface area contributed by atoms with Gasteiger partial charge in [-0.3, -0.25) is 9.69 Å². The summed E-state index contributed by atoms with van der Waals surface area (Å²) >= 11 is 0. The van der Waals surface area contributed by atoms with Crippen LogP contribution in [0.4, 0.5) is 10.5 Å². The molecule has 4 fully saturated rings.